The van der Waals surface area contributed by atoms with Gasteiger partial charge >= 0.3 is 0 Å². The van der Waals surface area contributed by atoms with E-state index in [9.17, 15) is 14.9 Å². The molecule has 0 heterocycles. The number of methoxy groups -OCH3 is 4. The Kier molecular flexibility index (Phi) is 5.61. The van der Waals surface area contributed by atoms with E-state index in [1.807, 2.05) is 0 Å². The first-order chi connectivity index (χ1) is 11.5. The summed E-state index contributed by atoms with van der Waals surface area (Å²) in [5, 5.41) is 11.5. The molecule has 1 fully saturated rings. The third-order valence-corrected chi connectivity index (χ3v) is 4.39. The fourth-order valence-corrected chi connectivity index (χ4v) is 3.20. The van der Waals surface area contributed by atoms with Crippen LogP contribution in [0, 0.1) is 10.1 Å². The highest BCUT2D eigenvalue weighted by Crippen LogP contribution is 2.46. The van der Waals surface area contributed by atoms with Gasteiger partial charge in [0.15, 0.2) is 17.3 Å². The van der Waals surface area contributed by atoms with Crippen molar-refractivity contribution in [2.24, 2.45) is 0 Å². The Hall–Kier alpha value is -2.35. The van der Waals surface area contributed by atoms with Gasteiger partial charge in [0.05, 0.1) is 33.7 Å². The average Bonchev–Trinajstić information content (AvgIpc) is 2.59. The summed E-state index contributed by atoms with van der Waals surface area (Å²) in [6, 6.07) is 2.35. The Labute approximate surface area is 139 Å². The van der Waals surface area contributed by atoms with Crippen molar-refractivity contribution in [3.8, 4) is 17.2 Å². The van der Waals surface area contributed by atoms with Gasteiger partial charge in [-0.05, 0) is 12.5 Å². The molecule has 0 N–H and O–H groups in total. The number of carbonyl (C=O) groups excluding carboxylic acids is 1. The number of ether oxygens (including phenoxy) is 4. The molecule has 0 unspecified atom stereocenters. The molecule has 0 aromatic heterocycles. The number of carbonyl (C=O) groups is 1. The van der Waals surface area contributed by atoms with Gasteiger partial charge in [0.25, 0.3) is 0 Å². The molecule has 0 bridgehead atoms. The fourth-order valence-electron chi connectivity index (χ4n) is 3.20. The van der Waals surface area contributed by atoms with E-state index < -0.39 is 23.0 Å². The number of benzene rings is 1. The number of Topliss-reactive ketones (excluding diaryl/α,β-unsaturated/α-hetero) is 1. The Morgan fingerprint density at radius 2 is 1.75 bits per heavy atom. The van der Waals surface area contributed by atoms with Gasteiger partial charge < -0.3 is 18.9 Å². The minimum atomic E-state index is -1.03. The molecule has 2 rings (SSSR count). The Bertz CT molecular complexity index is 631. The minimum absolute atomic E-state index is 0.173. The van der Waals surface area contributed by atoms with Crippen LogP contribution in [0.5, 0.6) is 17.2 Å². The molecular formula is C16H21NO7. The minimum Gasteiger partial charge on any atom is -0.493 e. The van der Waals surface area contributed by atoms with Crippen LogP contribution >= 0.6 is 0 Å². The van der Waals surface area contributed by atoms with Crippen LogP contribution in [0.25, 0.3) is 0 Å². The predicted molar refractivity (Wildman–Crippen MR) is 84.7 cm³/mol. The van der Waals surface area contributed by atoms with E-state index in [0.29, 0.717) is 22.8 Å². The molecule has 1 aromatic rings. The van der Waals surface area contributed by atoms with Crippen LogP contribution < -0.4 is 14.2 Å². The fraction of sp³-hybridized carbons (Fsp3) is 0.562. The molecule has 3 atom stereocenters. The smallest absolute Gasteiger partial charge is 0.227 e. The monoisotopic (exact) mass is 339 g/mol. The second-order valence-corrected chi connectivity index (χ2v) is 5.51. The van der Waals surface area contributed by atoms with Gasteiger partial charge in [-0.15, -0.1) is 0 Å². The largest absolute Gasteiger partial charge is 0.493 e. The lowest BCUT2D eigenvalue weighted by molar-refractivity contribution is -0.527. The summed E-state index contributed by atoms with van der Waals surface area (Å²) in [6.45, 7) is 0. The van der Waals surface area contributed by atoms with Crippen molar-refractivity contribution in [2.75, 3.05) is 28.4 Å². The van der Waals surface area contributed by atoms with Gasteiger partial charge in [-0.2, -0.15) is 0 Å². The topological polar surface area (TPSA) is 97.1 Å². The Morgan fingerprint density at radius 1 is 1.08 bits per heavy atom. The van der Waals surface area contributed by atoms with Crippen molar-refractivity contribution >= 4 is 5.78 Å². The Balaban J connectivity index is 2.54. The molecule has 24 heavy (non-hydrogen) atoms. The van der Waals surface area contributed by atoms with Crippen molar-refractivity contribution < 1.29 is 28.7 Å². The molecule has 0 spiro atoms. The number of ketones is 1. The highest BCUT2D eigenvalue weighted by Gasteiger charge is 2.45. The Morgan fingerprint density at radius 3 is 2.25 bits per heavy atom. The zero-order valence-electron chi connectivity index (χ0n) is 14.1. The molecule has 0 radical (unpaired) electrons. The number of hydrogen-bond acceptors (Lipinski definition) is 7. The molecule has 0 amide bonds. The van der Waals surface area contributed by atoms with E-state index in [1.54, 1.807) is 12.1 Å². The van der Waals surface area contributed by atoms with Crippen LogP contribution in [0.15, 0.2) is 12.1 Å². The zero-order valence-corrected chi connectivity index (χ0v) is 14.1. The van der Waals surface area contributed by atoms with E-state index >= 15 is 0 Å². The summed E-state index contributed by atoms with van der Waals surface area (Å²) in [6.07, 6.45) is -0.621. The van der Waals surface area contributed by atoms with Gasteiger partial charge in [-0.3, -0.25) is 14.9 Å². The predicted octanol–water partition coefficient (Wildman–Crippen LogP) is 1.82. The quantitative estimate of drug-likeness (QED) is 0.576. The lowest BCUT2D eigenvalue weighted by Gasteiger charge is -2.31. The van der Waals surface area contributed by atoms with Crippen LogP contribution in [-0.4, -0.2) is 51.3 Å². The number of hydrogen-bond donors (Lipinski definition) is 0. The van der Waals surface area contributed by atoms with Gasteiger partial charge in [0, 0.05) is 17.6 Å². The van der Waals surface area contributed by atoms with Crippen molar-refractivity contribution in [3.63, 3.8) is 0 Å². The SMILES string of the molecule is COc1ccc([C@@H]2C[C@@H](OC)C(=O)C[C@H]2[N+](=O)[O-])c(OC)c1OC. The maximum absolute atomic E-state index is 12.0. The summed E-state index contributed by atoms with van der Waals surface area (Å²) >= 11 is 0. The molecule has 8 nitrogen and oxygen atoms in total. The molecule has 1 saturated carbocycles. The first-order valence-corrected chi connectivity index (χ1v) is 7.46. The van der Waals surface area contributed by atoms with E-state index in [0.717, 1.165) is 0 Å². The number of rotatable bonds is 6. The standard InChI is InChI=1S/C16H21NO7/c1-21-13-6-5-9(15(23-3)16(13)24-4)10-7-14(22-2)12(18)8-11(10)17(19)20/h5-6,10-11,14H,7-8H2,1-4H3/t10-,11+,14+/m0/s1. The normalized spacial score (nSPS) is 23.7. The highest BCUT2D eigenvalue weighted by atomic mass is 16.6. The molecule has 0 aliphatic heterocycles. The first-order valence-electron chi connectivity index (χ1n) is 7.46. The summed E-state index contributed by atoms with van der Waals surface area (Å²) in [5.74, 6) is 0.418. The van der Waals surface area contributed by atoms with E-state index in [2.05, 4.69) is 0 Å². The summed E-state index contributed by atoms with van der Waals surface area (Å²) < 4.78 is 21.2. The van der Waals surface area contributed by atoms with E-state index in [-0.39, 0.29) is 18.6 Å². The molecule has 1 aromatic carbocycles. The summed E-state index contributed by atoms with van der Waals surface area (Å²) in [7, 11) is 5.86. The lowest BCUT2D eigenvalue weighted by atomic mass is 9.77. The summed E-state index contributed by atoms with van der Waals surface area (Å²) in [4.78, 5) is 23.0. The van der Waals surface area contributed by atoms with Gasteiger partial charge in [0.2, 0.25) is 11.8 Å². The molecule has 1 aliphatic rings. The first kappa shape index (κ1) is 18.0. The molecule has 132 valence electrons. The van der Waals surface area contributed by atoms with Gasteiger partial charge in [-0.25, -0.2) is 0 Å². The third kappa shape index (κ3) is 3.14. The summed E-state index contributed by atoms with van der Waals surface area (Å²) in [5.41, 5.74) is 0.603. The average molecular weight is 339 g/mol. The van der Waals surface area contributed by atoms with Crippen LogP contribution in [0.3, 0.4) is 0 Å². The van der Waals surface area contributed by atoms with E-state index in [1.165, 1.54) is 28.4 Å². The third-order valence-electron chi connectivity index (χ3n) is 4.39. The second kappa shape index (κ2) is 7.48. The van der Waals surface area contributed by atoms with Crippen LogP contribution in [-0.2, 0) is 9.53 Å². The molecule has 1 aliphatic carbocycles. The van der Waals surface area contributed by atoms with E-state index in [4.69, 9.17) is 18.9 Å². The van der Waals surface area contributed by atoms with Crippen LogP contribution in [0.4, 0.5) is 0 Å². The van der Waals surface area contributed by atoms with Gasteiger partial charge in [-0.1, -0.05) is 6.07 Å². The van der Waals surface area contributed by atoms with Crippen LogP contribution in [0.2, 0.25) is 0 Å². The number of nitro groups is 1. The molecular weight excluding hydrogens is 318 g/mol. The zero-order chi connectivity index (χ0) is 17.9. The molecule has 8 heteroatoms. The van der Waals surface area contributed by atoms with Crippen molar-refractivity contribution in [2.45, 2.75) is 30.9 Å². The van der Waals surface area contributed by atoms with Crippen molar-refractivity contribution in [1.29, 1.82) is 0 Å². The maximum Gasteiger partial charge on any atom is 0.227 e. The van der Waals surface area contributed by atoms with Crippen molar-refractivity contribution in [1.82, 2.24) is 0 Å². The van der Waals surface area contributed by atoms with Gasteiger partial charge in [0.1, 0.15) is 6.10 Å². The second-order valence-electron chi connectivity index (χ2n) is 5.51. The number of nitrogens with zero attached hydrogens (tertiary/aromatic N) is 1. The molecule has 0 saturated heterocycles. The highest BCUT2D eigenvalue weighted by molar-refractivity contribution is 5.85. The van der Waals surface area contributed by atoms with Crippen LogP contribution in [0.1, 0.15) is 24.3 Å². The lowest BCUT2D eigenvalue weighted by Crippen LogP contribution is -2.42. The van der Waals surface area contributed by atoms with Crippen molar-refractivity contribution in [3.05, 3.63) is 27.8 Å². The maximum atomic E-state index is 12.0.